The predicted molar refractivity (Wildman–Crippen MR) is 119 cm³/mol. The third kappa shape index (κ3) is 4.66. The normalized spacial score (nSPS) is 18.7. The monoisotopic (exact) mass is 408 g/mol. The Bertz CT molecular complexity index is 892. The molecule has 0 spiro atoms. The average molecular weight is 409 g/mol. The second-order valence-electron chi connectivity index (χ2n) is 8.61. The summed E-state index contributed by atoms with van der Waals surface area (Å²) in [4.78, 5) is 28.7. The summed E-state index contributed by atoms with van der Waals surface area (Å²) in [6, 6.07) is 15.3. The van der Waals surface area contributed by atoms with E-state index >= 15 is 0 Å². The number of hydrogen-bond acceptors (Lipinski definition) is 3. The van der Waals surface area contributed by atoms with Crippen molar-refractivity contribution in [2.75, 3.05) is 13.7 Å². The van der Waals surface area contributed by atoms with Crippen LogP contribution in [0.25, 0.3) is 0 Å². The molecule has 0 radical (unpaired) electrons. The molecule has 160 valence electrons. The van der Waals surface area contributed by atoms with Crippen molar-refractivity contribution in [2.45, 2.75) is 52.1 Å². The van der Waals surface area contributed by atoms with E-state index in [-0.39, 0.29) is 11.8 Å². The summed E-state index contributed by atoms with van der Waals surface area (Å²) in [5.74, 6) is 1.09. The number of aryl methyl sites for hydroxylation is 1. The van der Waals surface area contributed by atoms with Crippen LogP contribution in [0.3, 0.4) is 0 Å². The quantitative estimate of drug-likeness (QED) is 0.747. The van der Waals surface area contributed by atoms with Gasteiger partial charge >= 0.3 is 0 Å². The minimum absolute atomic E-state index is 0.0854. The van der Waals surface area contributed by atoms with Gasteiger partial charge < -0.3 is 15.0 Å². The molecule has 0 bridgehead atoms. The lowest BCUT2D eigenvalue weighted by molar-refractivity contribution is -0.132. The first-order valence-electron chi connectivity index (χ1n) is 10.7. The van der Waals surface area contributed by atoms with Gasteiger partial charge in [0.2, 0.25) is 5.91 Å². The molecule has 1 aliphatic heterocycles. The lowest BCUT2D eigenvalue weighted by atomic mass is 9.91. The minimum atomic E-state index is -0.924. The Morgan fingerprint density at radius 2 is 1.87 bits per heavy atom. The van der Waals surface area contributed by atoms with E-state index in [1.807, 2.05) is 55.5 Å². The molecule has 1 heterocycles. The van der Waals surface area contributed by atoms with Crippen molar-refractivity contribution >= 4 is 11.8 Å². The van der Waals surface area contributed by atoms with Gasteiger partial charge in [0.1, 0.15) is 11.3 Å². The number of methoxy groups -OCH3 is 1. The van der Waals surface area contributed by atoms with Crippen molar-refractivity contribution in [2.24, 2.45) is 5.92 Å². The Morgan fingerprint density at radius 3 is 2.53 bits per heavy atom. The zero-order valence-corrected chi connectivity index (χ0v) is 18.4. The van der Waals surface area contributed by atoms with Crippen LogP contribution in [-0.2, 0) is 17.8 Å². The number of hydrogen-bond donors (Lipinski definition) is 1. The number of carbonyl (C=O) groups is 2. The maximum atomic E-state index is 13.6. The molecule has 2 aromatic rings. The van der Waals surface area contributed by atoms with Gasteiger partial charge in [0.05, 0.1) is 7.11 Å². The first kappa shape index (κ1) is 21.9. The van der Waals surface area contributed by atoms with Crippen LogP contribution in [0.1, 0.15) is 55.1 Å². The molecule has 2 aromatic carbocycles. The van der Waals surface area contributed by atoms with E-state index in [0.717, 1.165) is 23.3 Å². The minimum Gasteiger partial charge on any atom is -0.497 e. The molecule has 1 atom stereocenters. The van der Waals surface area contributed by atoms with E-state index in [9.17, 15) is 9.59 Å². The topological polar surface area (TPSA) is 58.6 Å². The summed E-state index contributed by atoms with van der Waals surface area (Å²) in [5.41, 5.74) is 1.72. The fourth-order valence-electron chi connectivity index (χ4n) is 3.89. The number of fused-ring (bicyclic) bond motifs is 1. The summed E-state index contributed by atoms with van der Waals surface area (Å²) in [5, 5.41) is 3.08. The number of benzene rings is 2. The molecule has 0 fully saturated rings. The summed E-state index contributed by atoms with van der Waals surface area (Å²) in [6.07, 6.45) is 2.18. The fraction of sp³-hybridized carbons (Fsp3) is 0.440. The van der Waals surface area contributed by atoms with Gasteiger partial charge in [-0.05, 0) is 61.4 Å². The summed E-state index contributed by atoms with van der Waals surface area (Å²) >= 11 is 0. The Hall–Kier alpha value is -2.82. The SMILES string of the molecule is COc1ccc(CN2C(=O)c3ccccc3CCC2(C)C(=O)NCCC(C)C)cc1. The molecule has 1 unspecified atom stereocenters. The molecule has 1 N–H and O–H groups in total. The van der Waals surface area contributed by atoms with Crippen LogP contribution in [-0.4, -0.2) is 35.9 Å². The second-order valence-corrected chi connectivity index (χ2v) is 8.61. The fourth-order valence-corrected chi connectivity index (χ4v) is 3.89. The number of nitrogens with one attached hydrogen (secondary N) is 1. The van der Waals surface area contributed by atoms with E-state index in [1.165, 1.54) is 0 Å². The van der Waals surface area contributed by atoms with E-state index in [1.54, 1.807) is 12.0 Å². The third-order valence-electron chi connectivity index (χ3n) is 5.97. The molecule has 3 rings (SSSR count). The maximum absolute atomic E-state index is 13.6. The van der Waals surface area contributed by atoms with Gasteiger partial charge in [0.15, 0.2) is 0 Å². The van der Waals surface area contributed by atoms with E-state index < -0.39 is 5.54 Å². The van der Waals surface area contributed by atoms with Crippen molar-refractivity contribution in [3.63, 3.8) is 0 Å². The van der Waals surface area contributed by atoms with Crippen LogP contribution >= 0.6 is 0 Å². The van der Waals surface area contributed by atoms with Gasteiger partial charge in [0.25, 0.3) is 5.91 Å². The highest BCUT2D eigenvalue weighted by Crippen LogP contribution is 2.32. The third-order valence-corrected chi connectivity index (χ3v) is 5.97. The molecule has 2 amide bonds. The molecule has 30 heavy (non-hydrogen) atoms. The molecule has 0 saturated heterocycles. The number of nitrogens with zero attached hydrogens (tertiary/aromatic N) is 1. The smallest absolute Gasteiger partial charge is 0.255 e. The Balaban J connectivity index is 1.93. The Labute approximate surface area is 179 Å². The van der Waals surface area contributed by atoms with Gasteiger partial charge in [0, 0.05) is 18.7 Å². The lowest BCUT2D eigenvalue weighted by Crippen LogP contribution is -2.58. The Kier molecular flexibility index (Phi) is 6.80. The summed E-state index contributed by atoms with van der Waals surface area (Å²) in [6.45, 7) is 7.14. The molecule has 5 heteroatoms. The van der Waals surface area contributed by atoms with Crippen molar-refractivity contribution < 1.29 is 14.3 Å². The lowest BCUT2D eigenvalue weighted by Gasteiger charge is -2.39. The van der Waals surface area contributed by atoms with Crippen molar-refractivity contribution in [1.29, 1.82) is 0 Å². The number of rotatable bonds is 7. The number of carbonyl (C=O) groups excluding carboxylic acids is 2. The highest BCUT2D eigenvalue weighted by molar-refractivity contribution is 6.00. The summed E-state index contributed by atoms with van der Waals surface area (Å²) in [7, 11) is 1.63. The average Bonchev–Trinajstić information content (AvgIpc) is 2.85. The second kappa shape index (κ2) is 9.33. The van der Waals surface area contributed by atoms with Gasteiger partial charge in [-0.3, -0.25) is 9.59 Å². The van der Waals surface area contributed by atoms with Gasteiger partial charge in [-0.1, -0.05) is 44.2 Å². The van der Waals surface area contributed by atoms with E-state index in [0.29, 0.717) is 37.4 Å². The molecular weight excluding hydrogens is 376 g/mol. The van der Waals surface area contributed by atoms with E-state index in [4.69, 9.17) is 4.74 Å². The standard InChI is InChI=1S/C25H32N2O3/c1-18(2)14-16-26-24(29)25(3)15-13-20-7-5-6-8-22(20)23(28)27(25)17-19-9-11-21(30-4)12-10-19/h5-12,18H,13-17H2,1-4H3,(H,26,29). The van der Waals surface area contributed by atoms with Crippen LogP contribution in [0.4, 0.5) is 0 Å². The highest BCUT2D eigenvalue weighted by atomic mass is 16.5. The Morgan fingerprint density at radius 1 is 1.17 bits per heavy atom. The zero-order valence-electron chi connectivity index (χ0n) is 18.4. The summed E-state index contributed by atoms with van der Waals surface area (Å²) < 4.78 is 5.24. The first-order valence-corrected chi connectivity index (χ1v) is 10.7. The maximum Gasteiger partial charge on any atom is 0.255 e. The first-order chi connectivity index (χ1) is 14.3. The van der Waals surface area contributed by atoms with Crippen LogP contribution in [0, 0.1) is 5.92 Å². The predicted octanol–water partition coefficient (Wildman–Crippen LogP) is 4.20. The molecule has 5 nitrogen and oxygen atoms in total. The number of amides is 2. The van der Waals surface area contributed by atoms with Gasteiger partial charge in [-0.15, -0.1) is 0 Å². The van der Waals surface area contributed by atoms with Crippen LogP contribution < -0.4 is 10.1 Å². The zero-order chi connectivity index (χ0) is 21.7. The molecule has 0 saturated carbocycles. The largest absolute Gasteiger partial charge is 0.497 e. The van der Waals surface area contributed by atoms with E-state index in [2.05, 4.69) is 19.2 Å². The van der Waals surface area contributed by atoms with Crippen LogP contribution in [0.15, 0.2) is 48.5 Å². The van der Waals surface area contributed by atoms with Gasteiger partial charge in [-0.25, -0.2) is 0 Å². The van der Waals surface area contributed by atoms with Crippen LogP contribution in [0.2, 0.25) is 0 Å². The molecular formula is C25H32N2O3. The molecule has 0 aliphatic carbocycles. The van der Waals surface area contributed by atoms with Crippen LogP contribution in [0.5, 0.6) is 5.75 Å². The molecule has 1 aliphatic rings. The van der Waals surface area contributed by atoms with Crippen molar-refractivity contribution in [3.05, 3.63) is 65.2 Å². The van der Waals surface area contributed by atoms with Crippen molar-refractivity contribution in [1.82, 2.24) is 10.2 Å². The van der Waals surface area contributed by atoms with Gasteiger partial charge in [-0.2, -0.15) is 0 Å². The van der Waals surface area contributed by atoms with Crippen molar-refractivity contribution in [3.8, 4) is 5.75 Å². The number of ether oxygens (including phenoxy) is 1. The molecule has 0 aromatic heterocycles. The highest BCUT2D eigenvalue weighted by Gasteiger charge is 2.44.